The molecule has 6 heteroatoms. The van der Waals surface area contributed by atoms with Crippen molar-refractivity contribution in [1.29, 1.82) is 0 Å². The van der Waals surface area contributed by atoms with Gasteiger partial charge in [-0.1, -0.05) is 18.3 Å². The summed E-state index contributed by atoms with van der Waals surface area (Å²) < 4.78 is 0.997. The number of nitrogens with zero attached hydrogens (tertiary/aromatic N) is 2. The van der Waals surface area contributed by atoms with Crippen molar-refractivity contribution in [1.82, 2.24) is 9.88 Å². The number of nitrogen functional groups attached to an aromatic ring is 1. The van der Waals surface area contributed by atoms with Crippen molar-refractivity contribution in [2.24, 2.45) is 5.92 Å². The maximum absolute atomic E-state index is 12.1. The van der Waals surface area contributed by atoms with Gasteiger partial charge in [0.25, 0.3) is 0 Å². The molecule has 1 fully saturated rings. The summed E-state index contributed by atoms with van der Waals surface area (Å²) in [4.78, 5) is 18.7. The number of rotatable bonds is 3. The van der Waals surface area contributed by atoms with Gasteiger partial charge in [-0.15, -0.1) is 0 Å². The molecule has 112 valence electrons. The number of hydrogen-bond acceptors (Lipinski definition) is 5. The van der Waals surface area contributed by atoms with Crippen LogP contribution >= 0.6 is 11.3 Å². The van der Waals surface area contributed by atoms with Crippen molar-refractivity contribution in [2.75, 3.05) is 30.7 Å². The largest absolute Gasteiger partial charge is 0.399 e. The highest BCUT2D eigenvalue weighted by Gasteiger charge is 2.18. The van der Waals surface area contributed by atoms with Crippen molar-refractivity contribution in [3.05, 3.63) is 18.2 Å². The van der Waals surface area contributed by atoms with E-state index in [9.17, 15) is 4.79 Å². The van der Waals surface area contributed by atoms with Crippen LogP contribution in [0.25, 0.3) is 10.2 Å². The topological polar surface area (TPSA) is 71.2 Å². The van der Waals surface area contributed by atoms with Crippen molar-refractivity contribution >= 4 is 38.3 Å². The van der Waals surface area contributed by atoms with Crippen LogP contribution in [0.15, 0.2) is 18.2 Å². The minimum absolute atomic E-state index is 0.0107. The van der Waals surface area contributed by atoms with Crippen LogP contribution < -0.4 is 11.1 Å². The lowest BCUT2D eigenvalue weighted by Gasteiger charge is -2.29. The Kier molecular flexibility index (Phi) is 4.07. The molecule has 3 rings (SSSR count). The van der Waals surface area contributed by atoms with Gasteiger partial charge in [0.2, 0.25) is 5.91 Å². The van der Waals surface area contributed by atoms with E-state index >= 15 is 0 Å². The fourth-order valence-corrected chi connectivity index (χ4v) is 3.51. The second-order valence-electron chi connectivity index (χ2n) is 5.75. The first-order valence-electron chi connectivity index (χ1n) is 7.28. The Morgan fingerprint density at radius 2 is 2.24 bits per heavy atom. The number of piperidine rings is 1. The quantitative estimate of drug-likeness (QED) is 0.855. The molecule has 1 aromatic heterocycles. The fraction of sp³-hybridized carbons (Fsp3) is 0.467. The zero-order chi connectivity index (χ0) is 14.8. The molecule has 2 aromatic rings. The third-order valence-electron chi connectivity index (χ3n) is 3.90. The zero-order valence-electron chi connectivity index (χ0n) is 12.1. The smallest absolute Gasteiger partial charge is 0.240 e. The van der Waals surface area contributed by atoms with Crippen LogP contribution in [-0.4, -0.2) is 35.4 Å². The number of anilines is 2. The fourth-order valence-electron chi connectivity index (χ4n) is 2.58. The number of carbonyl (C=O) groups is 1. The third kappa shape index (κ3) is 3.51. The first-order chi connectivity index (χ1) is 10.1. The molecule has 21 heavy (non-hydrogen) atoms. The molecule has 0 radical (unpaired) electrons. The van der Waals surface area contributed by atoms with Gasteiger partial charge in [-0.3, -0.25) is 9.69 Å². The second kappa shape index (κ2) is 5.99. The van der Waals surface area contributed by atoms with Crippen LogP contribution in [0.4, 0.5) is 10.8 Å². The Balaban J connectivity index is 1.60. The number of likely N-dealkylation sites (tertiary alicyclic amines) is 1. The van der Waals surface area contributed by atoms with Crippen molar-refractivity contribution in [3.8, 4) is 0 Å². The number of fused-ring (bicyclic) bond motifs is 1. The van der Waals surface area contributed by atoms with Gasteiger partial charge < -0.3 is 11.1 Å². The molecule has 3 N–H and O–H groups in total. The monoisotopic (exact) mass is 304 g/mol. The molecule has 0 spiro atoms. The summed E-state index contributed by atoms with van der Waals surface area (Å²) in [6.45, 7) is 4.73. The lowest BCUT2D eigenvalue weighted by atomic mass is 9.99. The molecule has 1 aromatic carbocycles. The molecule has 0 atom stereocenters. The summed E-state index contributed by atoms with van der Waals surface area (Å²) in [6, 6.07) is 5.58. The Labute approximate surface area is 128 Å². The van der Waals surface area contributed by atoms with Gasteiger partial charge in [-0.2, -0.15) is 0 Å². The molecule has 1 aliphatic heterocycles. The molecule has 1 aliphatic rings. The van der Waals surface area contributed by atoms with E-state index in [0.717, 1.165) is 29.2 Å². The van der Waals surface area contributed by atoms with Crippen molar-refractivity contribution < 1.29 is 4.79 Å². The second-order valence-corrected chi connectivity index (χ2v) is 6.78. The maximum atomic E-state index is 12.1. The number of carbonyl (C=O) groups excluding carboxylic acids is 1. The van der Waals surface area contributed by atoms with Gasteiger partial charge in [0.1, 0.15) is 0 Å². The van der Waals surface area contributed by atoms with E-state index in [1.807, 2.05) is 18.2 Å². The van der Waals surface area contributed by atoms with Crippen LogP contribution in [0.5, 0.6) is 0 Å². The molecule has 0 aliphatic carbocycles. The molecule has 2 heterocycles. The predicted molar refractivity (Wildman–Crippen MR) is 87.5 cm³/mol. The van der Waals surface area contributed by atoms with Crippen molar-refractivity contribution in [3.63, 3.8) is 0 Å². The van der Waals surface area contributed by atoms with Crippen LogP contribution in [0.1, 0.15) is 19.8 Å². The number of nitrogens with one attached hydrogen (secondary N) is 1. The normalized spacial score (nSPS) is 17.2. The number of aromatic nitrogens is 1. The summed E-state index contributed by atoms with van der Waals surface area (Å²) in [7, 11) is 0. The first-order valence-corrected chi connectivity index (χ1v) is 8.10. The van der Waals surface area contributed by atoms with Gasteiger partial charge in [0.15, 0.2) is 5.13 Å². The van der Waals surface area contributed by atoms with Crippen molar-refractivity contribution in [2.45, 2.75) is 19.8 Å². The number of thiazole rings is 1. The Morgan fingerprint density at radius 3 is 3.00 bits per heavy atom. The lowest BCUT2D eigenvalue weighted by Crippen LogP contribution is -2.38. The summed E-state index contributed by atoms with van der Waals surface area (Å²) >= 11 is 1.46. The van der Waals surface area contributed by atoms with E-state index in [0.29, 0.717) is 17.4 Å². The van der Waals surface area contributed by atoms with Gasteiger partial charge in [-0.25, -0.2) is 4.98 Å². The summed E-state index contributed by atoms with van der Waals surface area (Å²) in [5.41, 5.74) is 7.34. The molecule has 5 nitrogen and oxygen atoms in total. The number of hydrogen-bond donors (Lipinski definition) is 2. The van der Waals surface area contributed by atoms with Crippen LogP contribution in [-0.2, 0) is 4.79 Å². The van der Waals surface area contributed by atoms with Gasteiger partial charge >= 0.3 is 0 Å². The first kappa shape index (κ1) is 14.3. The van der Waals surface area contributed by atoms with E-state index in [4.69, 9.17) is 5.73 Å². The average Bonchev–Trinajstić information content (AvgIpc) is 2.82. The summed E-state index contributed by atoms with van der Waals surface area (Å²) in [6.07, 6.45) is 2.35. The Morgan fingerprint density at radius 1 is 1.48 bits per heavy atom. The summed E-state index contributed by atoms with van der Waals surface area (Å²) in [5, 5.41) is 3.54. The standard InChI is InChI=1S/C15H20N4OS/c1-10-4-6-19(7-5-10)9-14(20)18-15-17-12-3-2-11(16)8-13(12)21-15/h2-3,8,10H,4-7,9,16H2,1H3,(H,17,18,20). The summed E-state index contributed by atoms with van der Waals surface area (Å²) in [5.74, 6) is 0.788. The molecule has 1 amide bonds. The van der Waals surface area contributed by atoms with Gasteiger partial charge in [0.05, 0.1) is 16.8 Å². The SMILES string of the molecule is CC1CCN(CC(=O)Nc2nc3ccc(N)cc3s2)CC1. The Hall–Kier alpha value is -1.66. The van der Waals surface area contributed by atoms with E-state index in [1.54, 1.807) is 0 Å². The molecule has 0 saturated carbocycles. The minimum Gasteiger partial charge on any atom is -0.399 e. The predicted octanol–water partition coefficient (Wildman–Crippen LogP) is 2.55. The van der Waals surface area contributed by atoms with E-state index in [1.165, 1.54) is 24.2 Å². The Bertz CT molecular complexity index is 646. The zero-order valence-corrected chi connectivity index (χ0v) is 12.9. The van der Waals surface area contributed by atoms with Gasteiger partial charge in [-0.05, 0) is 50.0 Å². The number of benzene rings is 1. The number of amides is 1. The van der Waals surface area contributed by atoms with Crippen LogP contribution in [0.2, 0.25) is 0 Å². The van der Waals surface area contributed by atoms with E-state index < -0.39 is 0 Å². The minimum atomic E-state index is 0.0107. The molecular formula is C15H20N4OS. The highest BCUT2D eigenvalue weighted by Crippen LogP contribution is 2.27. The maximum Gasteiger partial charge on any atom is 0.240 e. The van der Waals surface area contributed by atoms with Gasteiger partial charge in [0, 0.05) is 5.69 Å². The number of nitrogens with two attached hydrogens (primary N) is 1. The highest BCUT2D eigenvalue weighted by atomic mass is 32.1. The van der Waals surface area contributed by atoms with Crippen LogP contribution in [0, 0.1) is 5.92 Å². The van der Waals surface area contributed by atoms with E-state index in [2.05, 4.69) is 22.1 Å². The lowest BCUT2D eigenvalue weighted by molar-refractivity contribution is -0.117. The van der Waals surface area contributed by atoms with E-state index in [-0.39, 0.29) is 5.91 Å². The highest BCUT2D eigenvalue weighted by molar-refractivity contribution is 7.22. The average molecular weight is 304 g/mol. The third-order valence-corrected chi connectivity index (χ3v) is 4.84. The molecule has 1 saturated heterocycles. The molecule has 0 bridgehead atoms. The van der Waals surface area contributed by atoms with Crippen LogP contribution in [0.3, 0.4) is 0 Å². The molecule has 0 unspecified atom stereocenters. The molecular weight excluding hydrogens is 284 g/mol.